The van der Waals surface area contributed by atoms with Crippen molar-refractivity contribution in [3.8, 4) is 22.9 Å². The van der Waals surface area contributed by atoms with Crippen molar-refractivity contribution in [3.05, 3.63) is 73.1 Å². The van der Waals surface area contributed by atoms with E-state index in [1.165, 1.54) is 0 Å². The molecule has 146 valence electrons. The molecule has 6 nitrogen and oxygen atoms in total. The number of nitrogens with one attached hydrogen (secondary N) is 1. The Hall–Kier alpha value is -3.67. The van der Waals surface area contributed by atoms with Gasteiger partial charge in [-0.05, 0) is 43.3 Å². The summed E-state index contributed by atoms with van der Waals surface area (Å²) in [6, 6.07) is 19.4. The summed E-state index contributed by atoms with van der Waals surface area (Å²) in [5.74, 6) is 2.87. The number of benzene rings is 2. The maximum absolute atomic E-state index is 6.05. The summed E-state index contributed by atoms with van der Waals surface area (Å²) in [5.41, 5.74) is 1.81. The predicted octanol–water partition coefficient (Wildman–Crippen LogP) is 4.58. The fraction of sp³-hybridized carbons (Fsp3) is 0.174. The molecule has 0 saturated heterocycles. The SMILES string of the molecule is COc1ccccc1OC(C)CNc1nc(-c2ccncc2)nc2ccccc12. The van der Waals surface area contributed by atoms with Gasteiger partial charge in [0.15, 0.2) is 17.3 Å². The minimum atomic E-state index is -0.0931. The molecule has 0 saturated carbocycles. The highest BCUT2D eigenvalue weighted by molar-refractivity contribution is 5.90. The summed E-state index contributed by atoms with van der Waals surface area (Å²) in [6.07, 6.45) is 3.39. The number of pyridine rings is 1. The Morgan fingerprint density at radius 3 is 2.41 bits per heavy atom. The lowest BCUT2D eigenvalue weighted by molar-refractivity contribution is 0.223. The van der Waals surface area contributed by atoms with Crippen LogP contribution in [0.4, 0.5) is 5.82 Å². The zero-order chi connectivity index (χ0) is 20.1. The van der Waals surface area contributed by atoms with Gasteiger partial charge in [-0.25, -0.2) is 9.97 Å². The highest BCUT2D eigenvalue weighted by Gasteiger charge is 2.12. The van der Waals surface area contributed by atoms with Crippen molar-refractivity contribution in [1.82, 2.24) is 15.0 Å². The fourth-order valence-electron chi connectivity index (χ4n) is 3.06. The van der Waals surface area contributed by atoms with Gasteiger partial charge in [0.2, 0.25) is 0 Å². The summed E-state index contributed by atoms with van der Waals surface area (Å²) in [4.78, 5) is 13.5. The molecule has 0 aliphatic carbocycles. The Morgan fingerprint density at radius 2 is 1.62 bits per heavy atom. The van der Waals surface area contributed by atoms with Crippen molar-refractivity contribution in [3.63, 3.8) is 0 Å². The second-order valence-electron chi connectivity index (χ2n) is 6.61. The Balaban J connectivity index is 1.57. The third kappa shape index (κ3) is 4.27. The van der Waals surface area contributed by atoms with Crippen molar-refractivity contribution < 1.29 is 9.47 Å². The molecule has 4 aromatic rings. The summed E-state index contributed by atoms with van der Waals surface area (Å²) in [5, 5.41) is 4.39. The van der Waals surface area contributed by atoms with Gasteiger partial charge < -0.3 is 14.8 Å². The molecule has 0 spiro atoms. The standard InChI is InChI=1S/C23H22N4O2/c1-16(29-21-10-6-5-9-20(21)28-2)15-25-23-18-7-3-4-8-19(18)26-22(27-23)17-11-13-24-14-12-17/h3-14,16H,15H2,1-2H3,(H,25,26,27). The number of para-hydroxylation sites is 3. The number of nitrogens with zero attached hydrogens (tertiary/aromatic N) is 3. The normalized spacial score (nSPS) is 11.8. The smallest absolute Gasteiger partial charge is 0.162 e. The summed E-state index contributed by atoms with van der Waals surface area (Å²) >= 11 is 0. The summed E-state index contributed by atoms with van der Waals surface area (Å²) in [6.45, 7) is 2.58. The molecular formula is C23H22N4O2. The molecule has 2 aromatic heterocycles. The van der Waals surface area contributed by atoms with E-state index in [0.29, 0.717) is 23.9 Å². The number of fused-ring (bicyclic) bond motifs is 1. The van der Waals surface area contributed by atoms with Crippen LogP contribution in [0.1, 0.15) is 6.92 Å². The van der Waals surface area contributed by atoms with Crippen molar-refractivity contribution in [2.75, 3.05) is 19.0 Å². The Labute approximate surface area is 169 Å². The fourth-order valence-corrected chi connectivity index (χ4v) is 3.06. The molecule has 1 unspecified atom stereocenters. The molecule has 29 heavy (non-hydrogen) atoms. The lowest BCUT2D eigenvalue weighted by Crippen LogP contribution is -2.23. The van der Waals surface area contributed by atoms with Crippen LogP contribution < -0.4 is 14.8 Å². The van der Waals surface area contributed by atoms with Gasteiger partial charge in [0.25, 0.3) is 0 Å². The van der Waals surface area contributed by atoms with E-state index in [1.54, 1.807) is 19.5 Å². The second kappa shape index (κ2) is 8.56. The van der Waals surface area contributed by atoms with E-state index in [4.69, 9.17) is 19.4 Å². The molecule has 2 heterocycles. The van der Waals surface area contributed by atoms with Gasteiger partial charge in [-0.3, -0.25) is 4.98 Å². The number of methoxy groups -OCH3 is 1. The number of rotatable bonds is 7. The van der Waals surface area contributed by atoms with Crippen LogP contribution in [0.15, 0.2) is 73.1 Å². The number of ether oxygens (including phenoxy) is 2. The van der Waals surface area contributed by atoms with E-state index in [-0.39, 0.29) is 6.10 Å². The first kappa shape index (κ1) is 18.7. The lowest BCUT2D eigenvalue weighted by Gasteiger charge is -2.18. The number of anilines is 1. The van der Waals surface area contributed by atoms with Gasteiger partial charge in [0.05, 0.1) is 19.2 Å². The molecule has 4 rings (SSSR count). The third-order valence-electron chi connectivity index (χ3n) is 4.50. The molecule has 0 aliphatic rings. The first-order chi connectivity index (χ1) is 14.2. The van der Waals surface area contributed by atoms with Crippen molar-refractivity contribution >= 4 is 16.7 Å². The average Bonchev–Trinajstić information content (AvgIpc) is 2.78. The molecular weight excluding hydrogens is 364 g/mol. The highest BCUT2D eigenvalue weighted by atomic mass is 16.5. The molecule has 0 aliphatic heterocycles. The quantitative estimate of drug-likeness (QED) is 0.501. The zero-order valence-corrected chi connectivity index (χ0v) is 16.4. The Kier molecular flexibility index (Phi) is 5.52. The zero-order valence-electron chi connectivity index (χ0n) is 16.4. The molecule has 6 heteroatoms. The minimum Gasteiger partial charge on any atom is -0.493 e. The average molecular weight is 386 g/mol. The number of aromatic nitrogens is 3. The van der Waals surface area contributed by atoms with Gasteiger partial charge in [-0.1, -0.05) is 24.3 Å². The summed E-state index contributed by atoms with van der Waals surface area (Å²) in [7, 11) is 1.64. The van der Waals surface area contributed by atoms with Crippen LogP contribution in [0.25, 0.3) is 22.3 Å². The van der Waals surface area contributed by atoms with Crippen LogP contribution in [-0.4, -0.2) is 34.7 Å². The van der Waals surface area contributed by atoms with E-state index >= 15 is 0 Å². The Bertz CT molecular complexity index is 1100. The van der Waals surface area contributed by atoms with E-state index in [1.807, 2.05) is 67.6 Å². The van der Waals surface area contributed by atoms with E-state index in [2.05, 4.69) is 10.3 Å². The third-order valence-corrected chi connectivity index (χ3v) is 4.50. The topological polar surface area (TPSA) is 69.2 Å². The predicted molar refractivity (Wildman–Crippen MR) is 114 cm³/mol. The van der Waals surface area contributed by atoms with Crippen molar-refractivity contribution in [2.45, 2.75) is 13.0 Å². The molecule has 0 radical (unpaired) electrons. The van der Waals surface area contributed by atoms with Crippen LogP contribution in [0.5, 0.6) is 11.5 Å². The van der Waals surface area contributed by atoms with Gasteiger partial charge >= 0.3 is 0 Å². The lowest BCUT2D eigenvalue weighted by atomic mass is 10.2. The minimum absolute atomic E-state index is 0.0931. The highest BCUT2D eigenvalue weighted by Crippen LogP contribution is 2.28. The maximum Gasteiger partial charge on any atom is 0.162 e. The molecule has 0 bridgehead atoms. The molecule has 0 fully saturated rings. The van der Waals surface area contributed by atoms with Crippen LogP contribution in [-0.2, 0) is 0 Å². The monoisotopic (exact) mass is 386 g/mol. The first-order valence-corrected chi connectivity index (χ1v) is 9.45. The van der Waals surface area contributed by atoms with E-state index in [0.717, 1.165) is 22.3 Å². The summed E-state index contributed by atoms with van der Waals surface area (Å²) < 4.78 is 11.4. The van der Waals surface area contributed by atoms with E-state index < -0.39 is 0 Å². The van der Waals surface area contributed by atoms with Crippen molar-refractivity contribution in [1.29, 1.82) is 0 Å². The largest absolute Gasteiger partial charge is 0.493 e. The molecule has 1 atom stereocenters. The first-order valence-electron chi connectivity index (χ1n) is 9.45. The number of hydrogen-bond acceptors (Lipinski definition) is 6. The second-order valence-corrected chi connectivity index (χ2v) is 6.61. The van der Waals surface area contributed by atoms with Gasteiger partial charge in [0, 0.05) is 23.3 Å². The van der Waals surface area contributed by atoms with Crippen LogP contribution in [0, 0.1) is 0 Å². The Morgan fingerprint density at radius 1 is 0.897 bits per heavy atom. The number of hydrogen-bond donors (Lipinski definition) is 1. The molecule has 2 aromatic carbocycles. The molecule has 0 amide bonds. The molecule has 1 N–H and O–H groups in total. The van der Waals surface area contributed by atoms with Crippen LogP contribution >= 0.6 is 0 Å². The van der Waals surface area contributed by atoms with Gasteiger partial charge in [0.1, 0.15) is 11.9 Å². The van der Waals surface area contributed by atoms with Crippen LogP contribution in [0.3, 0.4) is 0 Å². The van der Waals surface area contributed by atoms with E-state index in [9.17, 15) is 0 Å². The van der Waals surface area contributed by atoms with Gasteiger partial charge in [-0.15, -0.1) is 0 Å². The van der Waals surface area contributed by atoms with Crippen LogP contribution in [0.2, 0.25) is 0 Å². The van der Waals surface area contributed by atoms with Crippen molar-refractivity contribution in [2.24, 2.45) is 0 Å². The van der Waals surface area contributed by atoms with Gasteiger partial charge in [-0.2, -0.15) is 0 Å². The maximum atomic E-state index is 6.05.